The normalized spacial score (nSPS) is 27.2. The van der Waals surface area contributed by atoms with Crippen LogP contribution in [-0.4, -0.2) is 76.8 Å². The fourth-order valence-electron chi connectivity index (χ4n) is 6.57. The van der Waals surface area contributed by atoms with Gasteiger partial charge in [0.25, 0.3) is 0 Å². The fourth-order valence-corrected chi connectivity index (χ4v) is 6.57. The van der Waals surface area contributed by atoms with Gasteiger partial charge in [0.15, 0.2) is 17.9 Å². The van der Waals surface area contributed by atoms with Gasteiger partial charge in [-0.1, -0.05) is 42.5 Å². The number of ether oxygens (including phenoxy) is 4. The molecule has 1 amide bonds. The van der Waals surface area contributed by atoms with Crippen molar-refractivity contribution in [2.24, 2.45) is 5.73 Å². The first-order valence-corrected chi connectivity index (χ1v) is 14.6. The highest BCUT2D eigenvalue weighted by Crippen LogP contribution is 2.52. The number of nitrogens with two attached hydrogens (primary N) is 1. The molecule has 1 heterocycles. The molecule has 6 atom stereocenters. The van der Waals surface area contributed by atoms with Crippen molar-refractivity contribution in [3.8, 4) is 11.5 Å². The zero-order valence-corrected chi connectivity index (χ0v) is 24.7. The lowest BCUT2D eigenvalue weighted by molar-refractivity contribution is -0.251. The van der Waals surface area contributed by atoms with Gasteiger partial charge in [-0.15, -0.1) is 0 Å². The van der Waals surface area contributed by atoms with Gasteiger partial charge in [0.05, 0.1) is 29.4 Å². The van der Waals surface area contributed by atoms with Gasteiger partial charge in [-0.2, -0.15) is 0 Å². The summed E-state index contributed by atoms with van der Waals surface area (Å²) in [7, 11) is 1.53. The lowest BCUT2D eigenvalue weighted by Crippen LogP contribution is -2.53. The number of ketones is 2. The molecule has 0 bridgehead atoms. The molecule has 1 aliphatic heterocycles. The number of rotatable bonds is 6. The van der Waals surface area contributed by atoms with Crippen LogP contribution in [0.25, 0.3) is 0 Å². The molecule has 0 spiro atoms. The highest BCUT2D eigenvalue weighted by Gasteiger charge is 2.48. The van der Waals surface area contributed by atoms with Crippen molar-refractivity contribution in [3.05, 3.63) is 88.0 Å². The van der Waals surface area contributed by atoms with Crippen molar-refractivity contribution in [2.45, 2.75) is 62.4 Å². The van der Waals surface area contributed by atoms with Gasteiger partial charge in [0.2, 0.25) is 0 Å². The Hall–Kier alpha value is -4.33. The van der Waals surface area contributed by atoms with Crippen LogP contribution in [0.15, 0.2) is 54.6 Å². The molecule has 236 valence electrons. The van der Waals surface area contributed by atoms with Crippen LogP contribution in [0.3, 0.4) is 0 Å². The number of aromatic hydroxyl groups is 2. The van der Waals surface area contributed by atoms with Gasteiger partial charge in [-0.25, -0.2) is 4.79 Å². The Kier molecular flexibility index (Phi) is 8.10. The SMILES string of the molecule is CO[C@@H]1[C@H](C)O[C@@H](O[C@H]2C[C@](O)(COC(=O)Nc3ccccc3)Cc3c(O)c4c(c(O)c32)C(=O)c2ccccc2C4=O)C[C@@H]1N. The predicted octanol–water partition coefficient (Wildman–Crippen LogP) is 3.33. The molecule has 1 fully saturated rings. The maximum atomic E-state index is 13.6. The van der Waals surface area contributed by atoms with E-state index in [2.05, 4.69) is 5.32 Å². The number of anilines is 1. The molecule has 1 saturated heterocycles. The van der Waals surface area contributed by atoms with Gasteiger partial charge in [-0.05, 0) is 19.1 Å². The molecule has 3 aromatic carbocycles. The monoisotopic (exact) mass is 618 g/mol. The highest BCUT2D eigenvalue weighted by atomic mass is 16.7. The van der Waals surface area contributed by atoms with Crippen LogP contribution in [0.2, 0.25) is 0 Å². The number of carbonyl (C=O) groups is 3. The summed E-state index contributed by atoms with van der Waals surface area (Å²) in [6.07, 6.45) is -4.12. The Morgan fingerprint density at radius 2 is 1.64 bits per heavy atom. The molecule has 0 radical (unpaired) electrons. The summed E-state index contributed by atoms with van der Waals surface area (Å²) in [5.74, 6) is -2.39. The standard InChI is InChI=1S/C33H34N2O10/c1-16-31(42-2)21(34)12-23(44-16)45-22-14-33(41,15-43-32(40)35-17-8-4-3-5-9-17)13-20-24(22)30(39)26-25(29(20)38)27(36)18-10-6-7-11-19(18)28(26)37/h3-11,16,21-23,31,38-39,41H,12-15,34H2,1-2H3,(H,35,40)/t16-,21-,22-,23-,31+,33-/m0/s1. The first-order chi connectivity index (χ1) is 21.5. The Balaban J connectivity index is 1.37. The number of nitrogens with one attached hydrogen (secondary N) is 1. The van der Waals surface area contributed by atoms with Gasteiger partial charge in [0, 0.05) is 60.4 Å². The second-order valence-electron chi connectivity index (χ2n) is 11.7. The van der Waals surface area contributed by atoms with E-state index in [-0.39, 0.29) is 52.6 Å². The number of phenols is 2. The summed E-state index contributed by atoms with van der Waals surface area (Å²) in [6, 6.07) is 14.3. The van der Waals surface area contributed by atoms with E-state index < -0.39 is 72.0 Å². The minimum absolute atomic E-state index is 0.0134. The summed E-state index contributed by atoms with van der Waals surface area (Å²) in [5, 5.41) is 37.6. The number of hydrogen-bond donors (Lipinski definition) is 5. The largest absolute Gasteiger partial charge is 0.507 e. The Labute approximate surface area is 258 Å². The number of aliphatic hydroxyl groups is 1. The van der Waals surface area contributed by atoms with Crippen LogP contribution >= 0.6 is 0 Å². The summed E-state index contributed by atoms with van der Waals surface area (Å²) < 4.78 is 23.1. The number of para-hydroxylation sites is 1. The van der Waals surface area contributed by atoms with Crippen molar-refractivity contribution in [1.82, 2.24) is 0 Å². The average molecular weight is 619 g/mol. The molecule has 0 unspecified atom stereocenters. The number of fused-ring (bicyclic) bond motifs is 3. The summed E-state index contributed by atoms with van der Waals surface area (Å²) in [6.45, 7) is 1.25. The van der Waals surface area contributed by atoms with E-state index in [1.54, 1.807) is 49.4 Å². The number of carbonyl (C=O) groups excluding carboxylic acids is 3. The van der Waals surface area contributed by atoms with Gasteiger partial charge >= 0.3 is 6.09 Å². The topological polar surface area (TPSA) is 187 Å². The van der Waals surface area contributed by atoms with Gasteiger partial charge < -0.3 is 40.0 Å². The van der Waals surface area contributed by atoms with E-state index in [9.17, 15) is 29.7 Å². The van der Waals surface area contributed by atoms with Crippen LogP contribution in [0, 0.1) is 0 Å². The van der Waals surface area contributed by atoms with E-state index in [4.69, 9.17) is 24.7 Å². The highest BCUT2D eigenvalue weighted by molar-refractivity contribution is 6.30. The number of phenolic OH excluding ortho intramolecular Hbond substituents is 2. The molecule has 0 saturated carbocycles. The maximum Gasteiger partial charge on any atom is 0.411 e. The van der Waals surface area contributed by atoms with E-state index in [0.717, 1.165) is 0 Å². The smallest absolute Gasteiger partial charge is 0.411 e. The fraction of sp³-hybridized carbons (Fsp3) is 0.364. The number of benzene rings is 3. The van der Waals surface area contributed by atoms with E-state index in [0.29, 0.717) is 5.69 Å². The number of methoxy groups -OCH3 is 1. The van der Waals surface area contributed by atoms with E-state index in [1.807, 2.05) is 0 Å². The quantitative estimate of drug-likeness (QED) is 0.200. The predicted molar refractivity (Wildman–Crippen MR) is 159 cm³/mol. The third kappa shape index (κ3) is 5.55. The van der Waals surface area contributed by atoms with Crippen LogP contribution in [-0.2, 0) is 25.4 Å². The summed E-state index contributed by atoms with van der Waals surface area (Å²) in [5.41, 5.74) is 4.46. The van der Waals surface area contributed by atoms with Crippen LogP contribution in [0.1, 0.15) is 68.8 Å². The summed E-state index contributed by atoms with van der Waals surface area (Å²) in [4.78, 5) is 39.7. The molecule has 12 nitrogen and oxygen atoms in total. The number of hydrogen-bond acceptors (Lipinski definition) is 11. The summed E-state index contributed by atoms with van der Waals surface area (Å²) >= 11 is 0. The zero-order chi connectivity index (χ0) is 32.0. The van der Waals surface area contributed by atoms with E-state index >= 15 is 0 Å². The van der Waals surface area contributed by atoms with Crippen molar-refractivity contribution < 1.29 is 48.7 Å². The lowest BCUT2D eigenvalue weighted by atomic mass is 9.73. The van der Waals surface area contributed by atoms with Gasteiger partial charge in [0.1, 0.15) is 23.7 Å². The molecule has 6 rings (SSSR count). The van der Waals surface area contributed by atoms with Crippen LogP contribution < -0.4 is 11.1 Å². The average Bonchev–Trinajstić information content (AvgIpc) is 3.01. The Morgan fingerprint density at radius 1 is 1.02 bits per heavy atom. The molecule has 12 heteroatoms. The van der Waals surface area contributed by atoms with Gasteiger partial charge in [-0.3, -0.25) is 14.9 Å². The zero-order valence-electron chi connectivity index (χ0n) is 24.7. The minimum atomic E-state index is -1.82. The molecule has 3 aliphatic rings. The van der Waals surface area contributed by atoms with Crippen molar-refractivity contribution >= 4 is 23.3 Å². The minimum Gasteiger partial charge on any atom is -0.507 e. The Bertz CT molecular complexity index is 1650. The van der Waals surface area contributed by atoms with Crippen molar-refractivity contribution in [1.29, 1.82) is 0 Å². The van der Waals surface area contributed by atoms with Crippen molar-refractivity contribution in [2.75, 3.05) is 19.0 Å². The van der Waals surface area contributed by atoms with Crippen LogP contribution in [0.5, 0.6) is 11.5 Å². The third-order valence-corrected chi connectivity index (χ3v) is 8.65. The first kappa shape index (κ1) is 30.7. The molecule has 6 N–H and O–H groups in total. The molecular formula is C33H34N2O10. The van der Waals surface area contributed by atoms with Crippen LogP contribution in [0.4, 0.5) is 10.5 Å². The second kappa shape index (κ2) is 11.9. The molecule has 2 aliphatic carbocycles. The second-order valence-corrected chi connectivity index (χ2v) is 11.7. The van der Waals surface area contributed by atoms with Crippen molar-refractivity contribution in [3.63, 3.8) is 0 Å². The molecule has 45 heavy (non-hydrogen) atoms. The number of amides is 1. The third-order valence-electron chi connectivity index (χ3n) is 8.65. The Morgan fingerprint density at radius 3 is 2.27 bits per heavy atom. The first-order valence-electron chi connectivity index (χ1n) is 14.6. The lowest BCUT2D eigenvalue weighted by Gasteiger charge is -2.43. The molecule has 3 aromatic rings. The van der Waals surface area contributed by atoms with E-state index in [1.165, 1.54) is 19.2 Å². The molecule has 0 aromatic heterocycles. The molecular weight excluding hydrogens is 584 g/mol. The maximum absolute atomic E-state index is 13.6.